The summed E-state index contributed by atoms with van der Waals surface area (Å²) in [6, 6.07) is 9.18. The van der Waals surface area contributed by atoms with Gasteiger partial charge in [-0.15, -0.1) is 0 Å². The molecular formula is C14H10N4O2. The Kier molecular flexibility index (Phi) is 2.54. The second-order valence-corrected chi connectivity index (χ2v) is 4.51. The van der Waals surface area contributed by atoms with Gasteiger partial charge in [0.25, 0.3) is 11.1 Å². The number of aromatic amines is 3. The molecule has 6 nitrogen and oxygen atoms in total. The first kappa shape index (κ1) is 12.0. The maximum Gasteiger partial charge on any atom is 0.274 e. The van der Waals surface area contributed by atoms with Crippen molar-refractivity contribution in [2.75, 3.05) is 0 Å². The molecule has 0 atom stereocenters. The number of hydrogen-bond donors (Lipinski definition) is 3. The minimum Gasteiger partial charge on any atom is -0.306 e. The van der Waals surface area contributed by atoms with E-state index >= 15 is 0 Å². The summed E-state index contributed by atoms with van der Waals surface area (Å²) in [7, 11) is 0. The molecule has 6 heteroatoms. The molecule has 0 radical (unpaired) electrons. The van der Waals surface area contributed by atoms with E-state index in [1.54, 1.807) is 12.1 Å². The van der Waals surface area contributed by atoms with Crippen LogP contribution in [0.2, 0.25) is 0 Å². The van der Waals surface area contributed by atoms with E-state index in [0.717, 1.165) is 5.56 Å². The molecule has 2 aromatic heterocycles. The van der Waals surface area contributed by atoms with Crippen LogP contribution in [0.1, 0.15) is 11.1 Å². The highest BCUT2D eigenvalue weighted by atomic mass is 16.1. The number of pyridine rings is 1. The molecular weight excluding hydrogens is 256 g/mol. The first-order valence-corrected chi connectivity index (χ1v) is 5.95. The lowest BCUT2D eigenvalue weighted by Gasteiger charge is -2.05. The van der Waals surface area contributed by atoms with Crippen LogP contribution in [0.25, 0.3) is 22.2 Å². The van der Waals surface area contributed by atoms with Crippen LogP contribution in [-0.4, -0.2) is 15.2 Å². The number of fused-ring (bicyclic) bond motifs is 1. The molecule has 0 aliphatic heterocycles. The SMILES string of the molecule is Cc1ccc(-c2c(C#N)c(=O)[nH]c3[nH][nH]c(=O)c23)cc1. The largest absolute Gasteiger partial charge is 0.306 e. The van der Waals surface area contributed by atoms with E-state index in [-0.39, 0.29) is 22.2 Å². The van der Waals surface area contributed by atoms with Crippen molar-refractivity contribution in [3.8, 4) is 17.2 Å². The number of benzene rings is 1. The van der Waals surface area contributed by atoms with Crippen LogP contribution in [0.15, 0.2) is 33.9 Å². The third-order valence-corrected chi connectivity index (χ3v) is 3.20. The third-order valence-electron chi connectivity index (χ3n) is 3.20. The van der Waals surface area contributed by atoms with Crippen molar-refractivity contribution in [3.05, 3.63) is 56.1 Å². The Hall–Kier alpha value is -3.07. The summed E-state index contributed by atoms with van der Waals surface area (Å²) < 4.78 is 0. The number of nitrogens with zero attached hydrogens (tertiary/aromatic N) is 1. The fraction of sp³-hybridized carbons (Fsp3) is 0.0714. The number of rotatable bonds is 1. The van der Waals surface area contributed by atoms with Gasteiger partial charge in [-0.25, -0.2) is 0 Å². The van der Waals surface area contributed by atoms with Gasteiger partial charge < -0.3 is 4.98 Å². The summed E-state index contributed by atoms with van der Waals surface area (Å²) in [6.07, 6.45) is 0. The van der Waals surface area contributed by atoms with Crippen molar-refractivity contribution in [1.82, 2.24) is 15.2 Å². The van der Waals surface area contributed by atoms with E-state index in [1.807, 2.05) is 25.1 Å². The Morgan fingerprint density at radius 2 is 1.75 bits per heavy atom. The molecule has 98 valence electrons. The fourth-order valence-corrected chi connectivity index (χ4v) is 2.22. The number of H-pyrrole nitrogens is 3. The predicted octanol–water partition coefficient (Wildman–Crippen LogP) is 1.39. The number of nitrogens with one attached hydrogen (secondary N) is 3. The number of nitriles is 1. The van der Waals surface area contributed by atoms with E-state index in [4.69, 9.17) is 0 Å². The van der Waals surface area contributed by atoms with Crippen molar-refractivity contribution in [2.24, 2.45) is 0 Å². The second-order valence-electron chi connectivity index (χ2n) is 4.51. The lowest BCUT2D eigenvalue weighted by atomic mass is 9.98. The molecule has 3 rings (SSSR count). The van der Waals surface area contributed by atoms with E-state index in [2.05, 4.69) is 15.2 Å². The maximum atomic E-state index is 11.9. The Bertz CT molecular complexity index is 952. The Morgan fingerprint density at radius 1 is 1.05 bits per heavy atom. The van der Waals surface area contributed by atoms with Crippen LogP contribution < -0.4 is 11.1 Å². The molecule has 20 heavy (non-hydrogen) atoms. The average Bonchev–Trinajstić information content (AvgIpc) is 2.79. The van der Waals surface area contributed by atoms with Gasteiger partial charge in [0.1, 0.15) is 17.3 Å². The van der Waals surface area contributed by atoms with Crippen molar-refractivity contribution in [1.29, 1.82) is 5.26 Å². The molecule has 0 saturated carbocycles. The van der Waals surface area contributed by atoms with E-state index in [9.17, 15) is 14.9 Å². The van der Waals surface area contributed by atoms with Crippen molar-refractivity contribution < 1.29 is 0 Å². The monoisotopic (exact) mass is 266 g/mol. The van der Waals surface area contributed by atoms with Gasteiger partial charge in [-0.1, -0.05) is 29.8 Å². The Morgan fingerprint density at radius 3 is 2.40 bits per heavy atom. The molecule has 2 heterocycles. The molecule has 0 unspecified atom stereocenters. The van der Waals surface area contributed by atoms with Gasteiger partial charge in [0.2, 0.25) is 0 Å². The average molecular weight is 266 g/mol. The summed E-state index contributed by atoms with van der Waals surface area (Å²) in [5.41, 5.74) is 1.40. The topological polar surface area (TPSA) is 105 Å². The van der Waals surface area contributed by atoms with Crippen LogP contribution >= 0.6 is 0 Å². The normalized spacial score (nSPS) is 10.6. The summed E-state index contributed by atoms with van der Waals surface area (Å²) >= 11 is 0. The highest BCUT2D eigenvalue weighted by molar-refractivity contribution is 5.94. The zero-order valence-electron chi connectivity index (χ0n) is 10.6. The lowest BCUT2D eigenvalue weighted by molar-refractivity contribution is 1.06. The molecule has 0 fully saturated rings. The first-order valence-electron chi connectivity index (χ1n) is 5.95. The molecule has 0 aliphatic carbocycles. The van der Waals surface area contributed by atoms with Gasteiger partial charge in [0.15, 0.2) is 0 Å². The minimum atomic E-state index is -0.522. The van der Waals surface area contributed by atoms with Crippen LogP contribution in [0.4, 0.5) is 0 Å². The summed E-state index contributed by atoms with van der Waals surface area (Å²) in [6.45, 7) is 1.94. The highest BCUT2D eigenvalue weighted by Crippen LogP contribution is 2.26. The van der Waals surface area contributed by atoms with Gasteiger partial charge in [0, 0.05) is 5.56 Å². The van der Waals surface area contributed by atoms with Gasteiger partial charge >= 0.3 is 0 Å². The van der Waals surface area contributed by atoms with Crippen LogP contribution in [0, 0.1) is 18.3 Å². The summed E-state index contributed by atoms with van der Waals surface area (Å²) in [5, 5.41) is 14.5. The number of aromatic nitrogens is 3. The first-order chi connectivity index (χ1) is 9.61. The van der Waals surface area contributed by atoms with Crippen LogP contribution in [-0.2, 0) is 0 Å². The molecule has 0 saturated heterocycles. The zero-order valence-corrected chi connectivity index (χ0v) is 10.6. The zero-order chi connectivity index (χ0) is 14.3. The summed E-state index contributed by atoms with van der Waals surface area (Å²) in [5.74, 6) is 0. The highest BCUT2D eigenvalue weighted by Gasteiger charge is 2.17. The molecule has 3 N–H and O–H groups in total. The quantitative estimate of drug-likeness (QED) is 0.619. The molecule has 0 aliphatic rings. The number of aryl methyl sites for hydroxylation is 1. The van der Waals surface area contributed by atoms with Crippen LogP contribution in [0.3, 0.4) is 0 Å². The van der Waals surface area contributed by atoms with Crippen LogP contribution in [0.5, 0.6) is 0 Å². The fourth-order valence-electron chi connectivity index (χ4n) is 2.22. The molecule has 3 aromatic rings. The molecule has 1 aromatic carbocycles. The molecule has 0 spiro atoms. The molecule has 0 amide bonds. The Labute approximate surface area is 112 Å². The van der Waals surface area contributed by atoms with Crippen molar-refractivity contribution in [2.45, 2.75) is 6.92 Å². The summed E-state index contributed by atoms with van der Waals surface area (Å²) in [4.78, 5) is 26.3. The van der Waals surface area contributed by atoms with Gasteiger partial charge in [-0.3, -0.25) is 19.8 Å². The number of hydrogen-bond acceptors (Lipinski definition) is 3. The standard InChI is InChI=1S/C14H10N4O2/c1-7-2-4-8(5-3-7)10-9(6-15)13(19)16-12-11(10)14(20)18-17-12/h2-5H,1H3,(H3,16,17,18,19,20). The van der Waals surface area contributed by atoms with Crippen molar-refractivity contribution >= 4 is 11.0 Å². The van der Waals surface area contributed by atoms with Gasteiger partial charge in [-0.2, -0.15) is 5.26 Å². The smallest absolute Gasteiger partial charge is 0.274 e. The Balaban J connectivity index is 2.52. The maximum absolute atomic E-state index is 11.9. The van der Waals surface area contributed by atoms with Crippen molar-refractivity contribution in [3.63, 3.8) is 0 Å². The second kappa shape index (κ2) is 4.24. The van der Waals surface area contributed by atoms with Gasteiger partial charge in [-0.05, 0) is 12.5 Å². The van der Waals surface area contributed by atoms with E-state index in [0.29, 0.717) is 11.1 Å². The minimum absolute atomic E-state index is 0.0635. The molecule has 0 bridgehead atoms. The van der Waals surface area contributed by atoms with E-state index in [1.165, 1.54) is 0 Å². The lowest BCUT2D eigenvalue weighted by Crippen LogP contribution is -2.13. The van der Waals surface area contributed by atoms with Gasteiger partial charge in [0.05, 0.1) is 5.39 Å². The third kappa shape index (κ3) is 1.65. The predicted molar refractivity (Wildman–Crippen MR) is 74.4 cm³/mol. The van der Waals surface area contributed by atoms with E-state index < -0.39 is 5.56 Å².